The molecular weight excluding hydrogens is 377 g/mol. The van der Waals surface area contributed by atoms with E-state index in [1.165, 1.54) is 11.5 Å². The number of halogens is 4. The fourth-order valence-electron chi connectivity index (χ4n) is 2.25. The molecule has 0 bridgehead atoms. The maximum atomic E-state index is 12.8. The van der Waals surface area contributed by atoms with Gasteiger partial charge in [0.15, 0.2) is 0 Å². The number of hydrogen-bond acceptors (Lipinski definition) is 2. The molecule has 1 unspecified atom stereocenters. The number of hydrogen-bond donors (Lipinski definition) is 2. The molecule has 2 aromatic carbocycles. The molecule has 1 aliphatic rings. The van der Waals surface area contributed by atoms with Crippen LogP contribution in [0, 0.1) is 0 Å². The highest BCUT2D eigenvalue weighted by molar-refractivity contribution is 7.88. The first-order chi connectivity index (χ1) is 11.7. The van der Waals surface area contributed by atoms with Crippen molar-refractivity contribution in [3.8, 4) is 0 Å². The van der Waals surface area contributed by atoms with Crippen molar-refractivity contribution in [2.45, 2.75) is 11.1 Å². The Hall–Kier alpha value is -2.32. The highest BCUT2D eigenvalue weighted by atomic mass is 35.5. The van der Waals surface area contributed by atoms with Crippen LogP contribution in [0.5, 0.6) is 0 Å². The number of urea groups is 1. The second-order valence-electron chi connectivity index (χ2n) is 5.12. The fourth-order valence-corrected chi connectivity index (χ4v) is 3.50. The van der Waals surface area contributed by atoms with E-state index in [2.05, 4.69) is 10.6 Å². The minimum absolute atomic E-state index is 0.0550. The summed E-state index contributed by atoms with van der Waals surface area (Å²) in [7, 11) is -1.27. The summed E-state index contributed by atoms with van der Waals surface area (Å²) in [6.45, 7) is 0. The average Bonchev–Trinajstić information content (AvgIpc) is 2.89. The average molecular weight is 387 g/mol. The maximum absolute atomic E-state index is 12.8. The van der Waals surface area contributed by atoms with Crippen LogP contribution in [0.15, 0.2) is 46.7 Å². The Kier molecular flexibility index (Phi) is 4.57. The van der Waals surface area contributed by atoms with E-state index >= 15 is 0 Å². The van der Waals surface area contributed by atoms with Gasteiger partial charge in [-0.1, -0.05) is 17.7 Å². The summed E-state index contributed by atoms with van der Waals surface area (Å²) in [6, 6.07) is 7.19. The molecule has 1 atom stereocenters. The van der Waals surface area contributed by atoms with E-state index in [1.807, 2.05) is 0 Å². The standard InChI is InChI=1S/C16H10ClF3N2O2S/c17-13-4-3-10(7-12(13)16(18,19)20)21-15(23)22-11-2-1-9-5-6-25(24)14(9)8-11/h1-8H,(H2,21,22,23). The first-order valence-corrected chi connectivity index (χ1v) is 8.51. The molecule has 2 amide bonds. The zero-order valence-electron chi connectivity index (χ0n) is 12.4. The molecule has 2 aromatic rings. The lowest BCUT2D eigenvalue weighted by atomic mass is 10.2. The summed E-state index contributed by atoms with van der Waals surface area (Å²) in [4.78, 5) is 12.5. The van der Waals surface area contributed by atoms with E-state index in [4.69, 9.17) is 11.6 Å². The predicted octanol–water partition coefficient (Wildman–Crippen LogP) is 5.09. The Balaban J connectivity index is 1.74. The molecule has 130 valence electrons. The molecule has 3 rings (SSSR count). The van der Waals surface area contributed by atoms with Gasteiger partial charge in [0.1, 0.15) is 0 Å². The first-order valence-electron chi connectivity index (χ1n) is 6.91. The number of anilines is 2. The van der Waals surface area contributed by atoms with Gasteiger partial charge in [0.25, 0.3) is 0 Å². The number of nitrogens with one attached hydrogen (secondary N) is 2. The van der Waals surface area contributed by atoms with Crippen molar-refractivity contribution in [3.05, 3.63) is 58.0 Å². The van der Waals surface area contributed by atoms with Gasteiger partial charge in [-0.3, -0.25) is 0 Å². The van der Waals surface area contributed by atoms with Crippen molar-refractivity contribution in [1.29, 1.82) is 0 Å². The number of carbonyl (C=O) groups is 1. The van der Waals surface area contributed by atoms with Gasteiger partial charge in [-0.2, -0.15) is 13.2 Å². The molecule has 0 fully saturated rings. The van der Waals surface area contributed by atoms with E-state index in [0.717, 1.165) is 17.7 Å². The highest BCUT2D eigenvalue weighted by Gasteiger charge is 2.33. The van der Waals surface area contributed by atoms with E-state index < -0.39 is 33.6 Å². The van der Waals surface area contributed by atoms with Crippen molar-refractivity contribution in [1.82, 2.24) is 0 Å². The number of amides is 2. The van der Waals surface area contributed by atoms with Crippen LogP contribution in [0.1, 0.15) is 11.1 Å². The quantitative estimate of drug-likeness (QED) is 0.754. The first kappa shape index (κ1) is 17.5. The molecule has 9 heteroatoms. The van der Waals surface area contributed by atoms with Crippen LogP contribution in [-0.2, 0) is 17.0 Å². The van der Waals surface area contributed by atoms with Crippen molar-refractivity contribution < 1.29 is 22.2 Å². The second kappa shape index (κ2) is 6.53. The summed E-state index contributed by atoms with van der Waals surface area (Å²) >= 11 is 5.53. The Labute approximate surface area is 148 Å². The lowest BCUT2D eigenvalue weighted by Gasteiger charge is -2.12. The topological polar surface area (TPSA) is 58.2 Å². The van der Waals surface area contributed by atoms with E-state index in [9.17, 15) is 22.2 Å². The van der Waals surface area contributed by atoms with Crippen LogP contribution >= 0.6 is 11.6 Å². The zero-order chi connectivity index (χ0) is 18.2. The Morgan fingerprint density at radius 2 is 1.68 bits per heavy atom. The van der Waals surface area contributed by atoms with Gasteiger partial charge < -0.3 is 10.6 Å². The van der Waals surface area contributed by atoms with Crippen LogP contribution in [-0.4, -0.2) is 10.2 Å². The van der Waals surface area contributed by atoms with Crippen molar-refractivity contribution in [2.75, 3.05) is 10.6 Å². The smallest absolute Gasteiger partial charge is 0.308 e. The van der Waals surface area contributed by atoms with E-state index in [0.29, 0.717) is 10.6 Å². The Bertz CT molecular complexity index is 913. The third-order valence-corrected chi connectivity index (χ3v) is 4.89. The fraction of sp³-hybridized carbons (Fsp3) is 0.0625. The molecule has 1 heterocycles. The van der Waals surface area contributed by atoms with Gasteiger partial charge in [0, 0.05) is 16.8 Å². The monoisotopic (exact) mass is 386 g/mol. The Morgan fingerprint density at radius 3 is 2.36 bits per heavy atom. The summed E-state index contributed by atoms with van der Waals surface area (Å²) in [5.41, 5.74) is 0.0710. The largest absolute Gasteiger partial charge is 0.417 e. The zero-order valence-corrected chi connectivity index (χ0v) is 13.9. The van der Waals surface area contributed by atoms with Crippen LogP contribution < -0.4 is 10.6 Å². The molecule has 25 heavy (non-hydrogen) atoms. The number of fused-ring (bicyclic) bond motifs is 1. The van der Waals surface area contributed by atoms with Gasteiger partial charge in [-0.25, -0.2) is 9.00 Å². The van der Waals surface area contributed by atoms with Crippen molar-refractivity contribution >= 4 is 45.9 Å². The number of carbonyl (C=O) groups excluding carboxylic acids is 1. The van der Waals surface area contributed by atoms with Gasteiger partial charge in [-0.05, 0) is 42.0 Å². The molecule has 0 saturated heterocycles. The summed E-state index contributed by atoms with van der Waals surface area (Å²) in [5.74, 6) is 0. The number of rotatable bonds is 2. The molecular formula is C16H10ClF3N2O2S. The summed E-state index contributed by atoms with van der Waals surface area (Å²) < 4.78 is 50.2. The second-order valence-corrected chi connectivity index (χ2v) is 6.84. The molecule has 2 N–H and O–H groups in total. The van der Waals surface area contributed by atoms with E-state index in [1.54, 1.807) is 24.3 Å². The van der Waals surface area contributed by atoms with Gasteiger partial charge in [-0.15, -0.1) is 0 Å². The lowest BCUT2D eigenvalue weighted by Crippen LogP contribution is -2.20. The number of alkyl halides is 3. The van der Waals surface area contributed by atoms with Crippen LogP contribution in [0.2, 0.25) is 5.02 Å². The molecule has 0 aliphatic carbocycles. The van der Waals surface area contributed by atoms with Crippen LogP contribution in [0.4, 0.5) is 29.3 Å². The van der Waals surface area contributed by atoms with Gasteiger partial charge >= 0.3 is 12.2 Å². The van der Waals surface area contributed by atoms with Crippen LogP contribution in [0.25, 0.3) is 6.08 Å². The molecule has 0 radical (unpaired) electrons. The van der Waals surface area contributed by atoms with Crippen LogP contribution in [0.3, 0.4) is 0 Å². The third-order valence-electron chi connectivity index (χ3n) is 3.39. The number of benzene rings is 2. The highest BCUT2D eigenvalue weighted by Crippen LogP contribution is 2.36. The predicted molar refractivity (Wildman–Crippen MR) is 91.0 cm³/mol. The van der Waals surface area contributed by atoms with Gasteiger partial charge in [0.2, 0.25) is 0 Å². The minimum atomic E-state index is -4.62. The molecule has 0 saturated carbocycles. The molecule has 0 aromatic heterocycles. The minimum Gasteiger partial charge on any atom is -0.308 e. The van der Waals surface area contributed by atoms with Crippen molar-refractivity contribution in [2.24, 2.45) is 0 Å². The SMILES string of the molecule is O=C(Nc1ccc2c(c1)S(=O)C=C2)Nc1ccc(Cl)c(C(F)(F)F)c1. The third kappa shape index (κ3) is 3.85. The lowest BCUT2D eigenvalue weighted by molar-refractivity contribution is -0.137. The molecule has 1 aliphatic heterocycles. The summed E-state index contributed by atoms with van der Waals surface area (Å²) in [5, 5.41) is 5.87. The van der Waals surface area contributed by atoms with Crippen molar-refractivity contribution in [3.63, 3.8) is 0 Å². The van der Waals surface area contributed by atoms with E-state index in [-0.39, 0.29) is 5.69 Å². The summed E-state index contributed by atoms with van der Waals surface area (Å²) in [6.07, 6.45) is -2.91. The maximum Gasteiger partial charge on any atom is 0.417 e. The normalized spacial score (nSPS) is 15.8. The molecule has 4 nitrogen and oxygen atoms in total. The van der Waals surface area contributed by atoms with Gasteiger partial charge in [0.05, 0.1) is 26.3 Å². The Morgan fingerprint density at radius 1 is 1.04 bits per heavy atom. The molecule has 0 spiro atoms.